The minimum absolute atomic E-state index is 0.0347. The van der Waals surface area contributed by atoms with E-state index in [1.807, 2.05) is 35.8 Å². The maximum absolute atomic E-state index is 11.4. The fourth-order valence-electron chi connectivity index (χ4n) is 1.35. The average Bonchev–Trinajstić information content (AvgIpc) is 2.86. The van der Waals surface area contributed by atoms with Crippen molar-refractivity contribution in [2.75, 3.05) is 6.54 Å². The number of carbonyl (C=O) groups is 1. The van der Waals surface area contributed by atoms with Crippen LogP contribution in [0.2, 0.25) is 0 Å². The molecule has 0 bridgehead atoms. The molecule has 102 valence electrons. The van der Waals surface area contributed by atoms with Crippen molar-refractivity contribution < 1.29 is 4.79 Å². The predicted molar refractivity (Wildman–Crippen MR) is 84.1 cm³/mol. The average molecular weight is 275 g/mol. The Balaban J connectivity index is 2.20. The number of amides is 1. The first-order valence-corrected chi connectivity index (χ1v) is 7.39. The lowest BCUT2D eigenvalue weighted by molar-refractivity contribution is -0.116. The minimum Gasteiger partial charge on any atom is -0.353 e. The molecular formula is C16H21NOS. The molecule has 1 rings (SSSR count). The van der Waals surface area contributed by atoms with Gasteiger partial charge in [0, 0.05) is 17.5 Å². The molecule has 0 aliphatic heterocycles. The molecule has 0 atom stereocenters. The van der Waals surface area contributed by atoms with E-state index in [9.17, 15) is 4.79 Å². The van der Waals surface area contributed by atoms with E-state index in [1.54, 1.807) is 23.5 Å². The van der Waals surface area contributed by atoms with Gasteiger partial charge in [-0.25, -0.2) is 0 Å². The van der Waals surface area contributed by atoms with Gasteiger partial charge in [-0.15, -0.1) is 11.3 Å². The van der Waals surface area contributed by atoms with Crippen molar-refractivity contribution in [2.24, 2.45) is 5.92 Å². The van der Waals surface area contributed by atoms with Crippen LogP contribution in [0, 0.1) is 5.92 Å². The van der Waals surface area contributed by atoms with Crippen LogP contribution < -0.4 is 5.32 Å². The summed E-state index contributed by atoms with van der Waals surface area (Å²) in [5.74, 6) is 0.583. The van der Waals surface area contributed by atoms with E-state index in [-0.39, 0.29) is 5.91 Å². The molecule has 1 heterocycles. The van der Waals surface area contributed by atoms with E-state index < -0.39 is 0 Å². The highest BCUT2D eigenvalue weighted by Crippen LogP contribution is 2.09. The molecule has 0 unspecified atom stereocenters. The first kappa shape index (κ1) is 15.4. The van der Waals surface area contributed by atoms with Gasteiger partial charge in [0.25, 0.3) is 0 Å². The van der Waals surface area contributed by atoms with Gasteiger partial charge in [-0.3, -0.25) is 4.79 Å². The number of allylic oxidation sites excluding steroid dienone is 4. The van der Waals surface area contributed by atoms with Crippen LogP contribution in [-0.4, -0.2) is 12.5 Å². The Hall–Kier alpha value is -1.61. The van der Waals surface area contributed by atoms with Crippen molar-refractivity contribution >= 4 is 23.3 Å². The summed E-state index contributed by atoms with van der Waals surface area (Å²) in [7, 11) is 0. The monoisotopic (exact) mass is 275 g/mol. The van der Waals surface area contributed by atoms with E-state index in [0.717, 1.165) is 13.0 Å². The van der Waals surface area contributed by atoms with Crippen molar-refractivity contribution in [1.29, 1.82) is 0 Å². The van der Waals surface area contributed by atoms with Gasteiger partial charge in [-0.05, 0) is 29.9 Å². The number of nitrogens with one attached hydrogen (secondary N) is 1. The standard InChI is InChI=1S/C16H21NOS/c1-14(2)11-12-17-16(18)10-6-4-3-5-8-15-9-7-13-19-15/h3-10,13-14H,11-12H2,1-2H3,(H,17,18)/b4-3+,8-5+,10-6+. The van der Waals surface area contributed by atoms with Crippen LogP contribution in [0.5, 0.6) is 0 Å². The van der Waals surface area contributed by atoms with Gasteiger partial charge >= 0.3 is 0 Å². The number of hydrogen-bond acceptors (Lipinski definition) is 2. The summed E-state index contributed by atoms with van der Waals surface area (Å²) in [4.78, 5) is 12.6. The van der Waals surface area contributed by atoms with Crippen molar-refractivity contribution in [1.82, 2.24) is 5.32 Å². The number of hydrogen-bond donors (Lipinski definition) is 1. The second-order valence-corrected chi connectivity index (χ2v) is 5.57. The van der Waals surface area contributed by atoms with Gasteiger partial charge in [0.15, 0.2) is 0 Å². The van der Waals surface area contributed by atoms with E-state index >= 15 is 0 Å². The third-order valence-electron chi connectivity index (χ3n) is 2.41. The van der Waals surface area contributed by atoms with Gasteiger partial charge < -0.3 is 5.32 Å². The third-order valence-corrected chi connectivity index (χ3v) is 3.24. The Morgan fingerprint density at radius 3 is 2.79 bits per heavy atom. The summed E-state index contributed by atoms with van der Waals surface area (Å²) in [6, 6.07) is 4.09. The van der Waals surface area contributed by atoms with E-state index in [2.05, 4.69) is 25.2 Å². The molecule has 1 aromatic heterocycles. The van der Waals surface area contributed by atoms with Gasteiger partial charge in [-0.1, -0.05) is 44.2 Å². The zero-order valence-corrected chi connectivity index (χ0v) is 12.3. The molecule has 0 aromatic carbocycles. The summed E-state index contributed by atoms with van der Waals surface area (Å²) in [6.45, 7) is 5.03. The van der Waals surface area contributed by atoms with E-state index in [1.165, 1.54) is 4.88 Å². The molecule has 1 aromatic rings. The second-order valence-electron chi connectivity index (χ2n) is 4.59. The maximum Gasteiger partial charge on any atom is 0.243 e. The summed E-state index contributed by atoms with van der Waals surface area (Å²) in [6.07, 6.45) is 12.1. The van der Waals surface area contributed by atoms with Crippen LogP contribution in [0.4, 0.5) is 0 Å². The first-order chi connectivity index (χ1) is 9.18. The first-order valence-electron chi connectivity index (χ1n) is 6.51. The topological polar surface area (TPSA) is 29.1 Å². The zero-order valence-electron chi connectivity index (χ0n) is 11.5. The minimum atomic E-state index is -0.0347. The smallest absolute Gasteiger partial charge is 0.243 e. The van der Waals surface area contributed by atoms with Gasteiger partial charge in [0.2, 0.25) is 5.91 Å². The lowest BCUT2D eigenvalue weighted by atomic mass is 10.1. The van der Waals surface area contributed by atoms with Crippen molar-refractivity contribution in [3.8, 4) is 0 Å². The largest absolute Gasteiger partial charge is 0.353 e. The molecule has 0 aliphatic rings. The maximum atomic E-state index is 11.4. The highest BCUT2D eigenvalue weighted by atomic mass is 32.1. The fraction of sp³-hybridized carbons (Fsp3) is 0.312. The molecule has 0 aliphatic carbocycles. The molecule has 0 fully saturated rings. The molecule has 1 amide bonds. The highest BCUT2D eigenvalue weighted by Gasteiger charge is 1.95. The summed E-state index contributed by atoms with van der Waals surface area (Å²) < 4.78 is 0. The SMILES string of the molecule is CC(C)CCNC(=O)/C=C/C=C/C=C/c1cccs1. The Labute approximate surface area is 119 Å². The van der Waals surface area contributed by atoms with E-state index in [0.29, 0.717) is 5.92 Å². The molecule has 0 spiro atoms. The third kappa shape index (κ3) is 8.16. The summed E-state index contributed by atoms with van der Waals surface area (Å²) in [5.41, 5.74) is 0. The van der Waals surface area contributed by atoms with Crippen LogP contribution in [0.15, 0.2) is 47.9 Å². The highest BCUT2D eigenvalue weighted by molar-refractivity contribution is 7.10. The molecule has 2 nitrogen and oxygen atoms in total. The van der Waals surface area contributed by atoms with Crippen molar-refractivity contribution in [3.63, 3.8) is 0 Å². The van der Waals surface area contributed by atoms with Crippen molar-refractivity contribution in [3.05, 3.63) is 52.8 Å². The zero-order chi connectivity index (χ0) is 13.9. The van der Waals surface area contributed by atoms with Crippen LogP contribution in [0.3, 0.4) is 0 Å². The van der Waals surface area contributed by atoms with E-state index in [4.69, 9.17) is 0 Å². The van der Waals surface area contributed by atoms with Gasteiger partial charge in [-0.2, -0.15) is 0 Å². The predicted octanol–water partition coefficient (Wildman–Crippen LogP) is 4.04. The Bertz CT molecular complexity index is 441. The Morgan fingerprint density at radius 2 is 2.11 bits per heavy atom. The normalized spacial score (nSPS) is 12.2. The van der Waals surface area contributed by atoms with Gasteiger partial charge in [0.05, 0.1) is 0 Å². The molecular weight excluding hydrogens is 254 g/mol. The quantitative estimate of drug-likeness (QED) is 0.590. The summed E-state index contributed by atoms with van der Waals surface area (Å²) >= 11 is 1.70. The van der Waals surface area contributed by atoms with Crippen LogP contribution in [0.25, 0.3) is 6.08 Å². The lowest BCUT2D eigenvalue weighted by Crippen LogP contribution is -2.23. The molecule has 0 radical (unpaired) electrons. The number of thiophene rings is 1. The Morgan fingerprint density at radius 1 is 1.32 bits per heavy atom. The van der Waals surface area contributed by atoms with Crippen LogP contribution >= 0.6 is 11.3 Å². The second kappa shape index (κ2) is 9.34. The molecule has 3 heteroatoms. The molecule has 1 N–H and O–H groups in total. The number of carbonyl (C=O) groups excluding carboxylic acids is 1. The molecule has 0 saturated carbocycles. The van der Waals surface area contributed by atoms with Crippen LogP contribution in [0.1, 0.15) is 25.1 Å². The molecule has 0 saturated heterocycles. The number of rotatable bonds is 7. The fourth-order valence-corrected chi connectivity index (χ4v) is 1.98. The van der Waals surface area contributed by atoms with Gasteiger partial charge in [0.1, 0.15) is 0 Å². The molecule has 19 heavy (non-hydrogen) atoms. The van der Waals surface area contributed by atoms with Crippen LogP contribution in [-0.2, 0) is 4.79 Å². The Kier molecular flexibility index (Phi) is 7.59. The lowest BCUT2D eigenvalue weighted by Gasteiger charge is -2.03. The summed E-state index contributed by atoms with van der Waals surface area (Å²) in [5, 5.41) is 4.90. The van der Waals surface area contributed by atoms with Crippen molar-refractivity contribution in [2.45, 2.75) is 20.3 Å².